The Balaban J connectivity index is 2.20. The molecule has 27 heavy (non-hydrogen) atoms. The molecule has 2 heterocycles. The Labute approximate surface area is 152 Å². The van der Waals surface area contributed by atoms with Crippen LogP contribution >= 0.6 is 0 Å². The molecule has 0 bridgehead atoms. The van der Waals surface area contributed by atoms with Crippen LogP contribution in [0.3, 0.4) is 0 Å². The second kappa shape index (κ2) is 6.80. The molecule has 0 saturated carbocycles. The number of halogens is 3. The van der Waals surface area contributed by atoms with Gasteiger partial charge in [-0.2, -0.15) is 5.10 Å². The Hall–Kier alpha value is -2.68. The van der Waals surface area contributed by atoms with E-state index in [2.05, 4.69) is 15.1 Å². The number of aromatic amines is 1. The van der Waals surface area contributed by atoms with Gasteiger partial charge in [0.2, 0.25) is 0 Å². The van der Waals surface area contributed by atoms with E-state index >= 15 is 0 Å². The van der Waals surface area contributed by atoms with Crippen LogP contribution in [0.25, 0.3) is 11.0 Å². The summed E-state index contributed by atoms with van der Waals surface area (Å²) >= 11 is 0. The first-order chi connectivity index (χ1) is 12.7. The molecule has 1 atom stereocenters. The molecular weight excluding hydrogens is 361 g/mol. The van der Waals surface area contributed by atoms with Gasteiger partial charge in [-0.15, -0.1) is 0 Å². The number of nitrogens with zero attached hydrogens (tertiary/aromatic N) is 3. The van der Waals surface area contributed by atoms with Crippen molar-refractivity contribution in [2.75, 3.05) is 0 Å². The van der Waals surface area contributed by atoms with E-state index in [4.69, 9.17) is 0 Å². The Morgan fingerprint density at radius 2 is 2.07 bits per heavy atom. The molecule has 1 unspecified atom stereocenters. The monoisotopic (exact) mass is 380 g/mol. The molecule has 2 aromatic heterocycles. The molecule has 6 nitrogen and oxygen atoms in total. The number of alkyl halides is 2. The maximum atomic E-state index is 14.3. The molecule has 0 radical (unpaired) electrons. The molecule has 0 aliphatic rings. The van der Waals surface area contributed by atoms with Crippen molar-refractivity contribution in [3.05, 3.63) is 57.0 Å². The summed E-state index contributed by atoms with van der Waals surface area (Å²) in [6, 6.07) is 2.97. The van der Waals surface area contributed by atoms with E-state index in [9.17, 15) is 23.1 Å². The number of nitrogens with one attached hydrogen (secondary N) is 1. The third-order valence-electron chi connectivity index (χ3n) is 4.44. The largest absolute Gasteiger partial charge is 0.390 e. The summed E-state index contributed by atoms with van der Waals surface area (Å²) in [5, 5.41) is 14.0. The van der Waals surface area contributed by atoms with E-state index in [-0.39, 0.29) is 16.7 Å². The first kappa shape index (κ1) is 19.1. The van der Waals surface area contributed by atoms with E-state index in [1.54, 1.807) is 6.92 Å². The van der Waals surface area contributed by atoms with E-state index < -0.39 is 35.5 Å². The highest BCUT2D eigenvalue weighted by atomic mass is 19.3. The molecule has 3 rings (SSSR count). The van der Waals surface area contributed by atoms with Gasteiger partial charge in [-0.05, 0) is 31.0 Å². The molecule has 144 valence electrons. The zero-order chi connectivity index (χ0) is 19.9. The van der Waals surface area contributed by atoms with Crippen molar-refractivity contribution >= 4 is 11.0 Å². The van der Waals surface area contributed by atoms with Gasteiger partial charge in [-0.1, -0.05) is 13.0 Å². The molecule has 0 fully saturated rings. The van der Waals surface area contributed by atoms with Crippen molar-refractivity contribution in [1.82, 2.24) is 19.7 Å². The number of aryl methyl sites for hydroxylation is 1. The van der Waals surface area contributed by atoms with Crippen LogP contribution < -0.4 is 5.56 Å². The molecule has 9 heteroatoms. The average Bonchev–Trinajstić information content (AvgIpc) is 2.93. The predicted octanol–water partition coefficient (Wildman–Crippen LogP) is 3.17. The predicted molar refractivity (Wildman–Crippen MR) is 93.2 cm³/mol. The summed E-state index contributed by atoms with van der Waals surface area (Å²) in [7, 11) is 0. The van der Waals surface area contributed by atoms with Crippen molar-refractivity contribution in [1.29, 1.82) is 0 Å². The fourth-order valence-corrected chi connectivity index (χ4v) is 3.20. The third kappa shape index (κ3) is 3.34. The van der Waals surface area contributed by atoms with Crippen LogP contribution in [0.5, 0.6) is 0 Å². The molecule has 0 saturated heterocycles. The summed E-state index contributed by atoms with van der Waals surface area (Å²) < 4.78 is 42.6. The van der Waals surface area contributed by atoms with Gasteiger partial charge >= 0.3 is 0 Å². The first-order valence-electron chi connectivity index (χ1n) is 8.44. The Morgan fingerprint density at radius 1 is 1.37 bits per heavy atom. The lowest BCUT2D eigenvalue weighted by Crippen LogP contribution is -2.16. The minimum atomic E-state index is -3.29. The standard InChI is InChI=1S/C18H19F3N4O2/c1-4-14(10-5-6-11(12(19)7-10)18(3,20)21)25-16-15(13(8-26)24-25)17(27)23-9(2)22-16/h5-7,14,26H,4,8H2,1-3H3,(H,22,23,27). The van der Waals surface area contributed by atoms with Gasteiger partial charge in [0.05, 0.1) is 18.2 Å². The summed E-state index contributed by atoms with van der Waals surface area (Å²) in [6.07, 6.45) is 0.441. The lowest BCUT2D eigenvalue weighted by Gasteiger charge is -2.19. The van der Waals surface area contributed by atoms with Crippen LogP contribution in [0.2, 0.25) is 0 Å². The summed E-state index contributed by atoms with van der Waals surface area (Å²) in [5.41, 5.74) is -0.314. The molecule has 0 spiro atoms. The fourth-order valence-electron chi connectivity index (χ4n) is 3.20. The van der Waals surface area contributed by atoms with E-state index in [0.717, 1.165) is 12.1 Å². The topological polar surface area (TPSA) is 83.8 Å². The van der Waals surface area contributed by atoms with Gasteiger partial charge in [-0.3, -0.25) is 4.79 Å². The molecule has 0 aliphatic heterocycles. The zero-order valence-corrected chi connectivity index (χ0v) is 15.1. The number of aliphatic hydroxyl groups is 1. The Bertz CT molecular complexity index is 1050. The van der Waals surface area contributed by atoms with Crippen LogP contribution in [-0.2, 0) is 12.5 Å². The van der Waals surface area contributed by atoms with Crippen molar-refractivity contribution in [2.45, 2.75) is 45.8 Å². The van der Waals surface area contributed by atoms with E-state index in [1.807, 2.05) is 6.92 Å². The average molecular weight is 380 g/mol. The lowest BCUT2D eigenvalue weighted by molar-refractivity contribution is 0.0137. The smallest absolute Gasteiger partial charge is 0.273 e. The lowest BCUT2D eigenvalue weighted by atomic mass is 10.0. The van der Waals surface area contributed by atoms with E-state index in [0.29, 0.717) is 24.7 Å². The van der Waals surface area contributed by atoms with Gasteiger partial charge in [0.15, 0.2) is 5.65 Å². The van der Waals surface area contributed by atoms with Gasteiger partial charge in [-0.25, -0.2) is 22.8 Å². The molecule has 1 aromatic carbocycles. The van der Waals surface area contributed by atoms with Gasteiger partial charge in [0.1, 0.15) is 22.7 Å². The second-order valence-corrected chi connectivity index (χ2v) is 6.45. The maximum absolute atomic E-state index is 14.3. The highest BCUT2D eigenvalue weighted by Crippen LogP contribution is 2.32. The normalized spacial score (nSPS) is 13.3. The number of rotatable bonds is 5. The summed E-state index contributed by atoms with van der Waals surface area (Å²) in [6.45, 7) is 3.59. The minimum absolute atomic E-state index is 0.148. The van der Waals surface area contributed by atoms with Crippen molar-refractivity contribution in [3.63, 3.8) is 0 Å². The van der Waals surface area contributed by atoms with Crippen LogP contribution in [0.15, 0.2) is 23.0 Å². The first-order valence-corrected chi connectivity index (χ1v) is 8.44. The highest BCUT2D eigenvalue weighted by molar-refractivity contribution is 5.77. The molecular formula is C18H19F3N4O2. The minimum Gasteiger partial charge on any atom is -0.390 e. The number of fused-ring (bicyclic) bond motifs is 1. The Morgan fingerprint density at radius 3 is 2.63 bits per heavy atom. The number of benzene rings is 1. The quantitative estimate of drug-likeness (QED) is 0.712. The van der Waals surface area contributed by atoms with Crippen LogP contribution in [0.4, 0.5) is 13.2 Å². The summed E-state index contributed by atoms with van der Waals surface area (Å²) in [5.74, 6) is -3.95. The highest BCUT2D eigenvalue weighted by Gasteiger charge is 2.29. The number of hydrogen-bond acceptors (Lipinski definition) is 4. The van der Waals surface area contributed by atoms with Gasteiger partial charge in [0, 0.05) is 6.92 Å². The molecule has 2 N–H and O–H groups in total. The van der Waals surface area contributed by atoms with Crippen molar-refractivity contribution in [2.24, 2.45) is 0 Å². The molecule has 0 aliphatic carbocycles. The fraction of sp³-hybridized carbons (Fsp3) is 0.389. The van der Waals surface area contributed by atoms with Gasteiger partial charge in [0.25, 0.3) is 11.5 Å². The van der Waals surface area contributed by atoms with Crippen molar-refractivity contribution < 1.29 is 18.3 Å². The van der Waals surface area contributed by atoms with Crippen LogP contribution in [0, 0.1) is 12.7 Å². The number of aliphatic hydroxyl groups excluding tert-OH is 1. The maximum Gasteiger partial charge on any atom is 0.273 e. The second-order valence-electron chi connectivity index (χ2n) is 6.45. The van der Waals surface area contributed by atoms with Crippen molar-refractivity contribution in [3.8, 4) is 0 Å². The molecule has 0 amide bonds. The number of hydrogen-bond donors (Lipinski definition) is 2. The SMILES string of the molecule is CCC(c1ccc(C(C)(F)F)c(F)c1)n1nc(CO)c2c(=O)[nH]c(C)nc21. The Kier molecular flexibility index (Phi) is 4.81. The molecule has 3 aromatic rings. The van der Waals surface area contributed by atoms with Crippen LogP contribution in [-0.4, -0.2) is 24.9 Å². The number of aromatic nitrogens is 4. The van der Waals surface area contributed by atoms with Crippen LogP contribution in [0.1, 0.15) is 49.0 Å². The number of H-pyrrole nitrogens is 1. The van der Waals surface area contributed by atoms with E-state index in [1.165, 1.54) is 10.7 Å². The van der Waals surface area contributed by atoms with Gasteiger partial charge < -0.3 is 10.1 Å². The zero-order valence-electron chi connectivity index (χ0n) is 15.1. The summed E-state index contributed by atoms with van der Waals surface area (Å²) in [4.78, 5) is 19.1. The third-order valence-corrected chi connectivity index (χ3v) is 4.44.